The molecule has 22 heavy (non-hydrogen) atoms. The van der Waals surface area contributed by atoms with Crippen LogP contribution in [0.2, 0.25) is 0 Å². The Balaban J connectivity index is 4.26. The van der Waals surface area contributed by atoms with E-state index in [0.29, 0.717) is 26.4 Å². The lowest BCUT2D eigenvalue weighted by molar-refractivity contribution is -0.140. The van der Waals surface area contributed by atoms with Gasteiger partial charge in [0, 0.05) is 33.9 Å². The third kappa shape index (κ3) is 11.1. The smallest absolute Gasteiger partial charge is 0.354 e. The number of hydrogen-bond acceptors (Lipinski definition) is 7. The molecule has 0 amide bonds. The van der Waals surface area contributed by atoms with E-state index in [2.05, 4.69) is 0 Å². The Kier molecular flexibility index (Phi) is 13.3. The van der Waals surface area contributed by atoms with Gasteiger partial charge in [-0.25, -0.2) is 4.79 Å². The van der Waals surface area contributed by atoms with Gasteiger partial charge >= 0.3 is 5.97 Å². The van der Waals surface area contributed by atoms with Crippen molar-refractivity contribution in [3.63, 3.8) is 0 Å². The first kappa shape index (κ1) is 20.4. The fourth-order valence-electron chi connectivity index (χ4n) is 1.44. The molecule has 128 valence electrons. The van der Waals surface area contributed by atoms with Crippen LogP contribution >= 0.6 is 0 Å². The zero-order valence-electron chi connectivity index (χ0n) is 13.7. The summed E-state index contributed by atoms with van der Waals surface area (Å²) in [5.41, 5.74) is 5.69. The number of allylic oxidation sites excluding steroid dienone is 2. The molecule has 0 atom stereocenters. The van der Waals surface area contributed by atoms with Gasteiger partial charge in [-0.2, -0.15) is 0 Å². The molecule has 0 aliphatic heterocycles. The summed E-state index contributed by atoms with van der Waals surface area (Å²) >= 11 is 0. The van der Waals surface area contributed by atoms with Gasteiger partial charge in [0.25, 0.3) is 0 Å². The van der Waals surface area contributed by atoms with Crippen molar-refractivity contribution in [2.45, 2.75) is 6.92 Å². The summed E-state index contributed by atoms with van der Waals surface area (Å²) in [5.74, 6) is -0.551. The Hall–Kier alpha value is -1.57. The van der Waals surface area contributed by atoms with Crippen molar-refractivity contribution in [2.75, 3.05) is 60.3 Å². The molecule has 0 aromatic rings. The second-order valence-corrected chi connectivity index (χ2v) is 4.32. The Bertz CT molecular complexity index is 337. The number of carbonyl (C=O) groups is 1. The van der Waals surface area contributed by atoms with Crippen molar-refractivity contribution in [3.05, 3.63) is 24.0 Å². The molecule has 0 bridgehead atoms. The minimum absolute atomic E-state index is 0.0474. The fraction of sp³-hybridized carbons (Fsp3) is 0.667. The predicted octanol–water partition coefficient (Wildman–Crippen LogP) is 0.517. The van der Waals surface area contributed by atoms with E-state index < -0.39 is 5.97 Å². The largest absolute Gasteiger partial charge is 0.459 e. The SMILES string of the molecule is CCOCCOC(=O)/C(N)=C/C=C/N(CCOC)CCOC. The minimum Gasteiger partial charge on any atom is -0.459 e. The lowest BCUT2D eigenvalue weighted by atomic mass is 10.4. The minimum atomic E-state index is -0.551. The standard InChI is InChI=1S/C15H28N2O5/c1-4-21-12-13-22-15(18)14(16)6-5-7-17(8-10-19-2)9-11-20-3/h5-7H,4,8-13,16H2,1-3H3/b7-5+,14-6-. The molecule has 0 aromatic heterocycles. The zero-order chi connectivity index (χ0) is 16.6. The molecule has 0 heterocycles. The zero-order valence-corrected chi connectivity index (χ0v) is 13.7. The number of methoxy groups -OCH3 is 2. The van der Waals surface area contributed by atoms with Crippen LogP contribution in [0.15, 0.2) is 24.0 Å². The van der Waals surface area contributed by atoms with Crippen molar-refractivity contribution in [2.24, 2.45) is 5.73 Å². The maximum absolute atomic E-state index is 11.6. The van der Waals surface area contributed by atoms with Crippen molar-refractivity contribution in [3.8, 4) is 0 Å². The normalized spacial score (nSPS) is 11.9. The maximum atomic E-state index is 11.6. The van der Waals surface area contributed by atoms with Gasteiger partial charge in [-0.1, -0.05) is 0 Å². The molecule has 0 saturated heterocycles. The van der Waals surface area contributed by atoms with Crippen LogP contribution in [0.25, 0.3) is 0 Å². The van der Waals surface area contributed by atoms with Crippen LogP contribution in [0.5, 0.6) is 0 Å². The Morgan fingerprint density at radius 3 is 2.27 bits per heavy atom. The summed E-state index contributed by atoms with van der Waals surface area (Å²) < 4.78 is 20.1. The van der Waals surface area contributed by atoms with Gasteiger partial charge in [-0.3, -0.25) is 0 Å². The molecule has 0 aliphatic rings. The molecule has 0 spiro atoms. The Morgan fingerprint density at radius 1 is 1.09 bits per heavy atom. The lowest BCUT2D eigenvalue weighted by Crippen LogP contribution is -2.25. The molecule has 7 heteroatoms. The number of esters is 1. The lowest BCUT2D eigenvalue weighted by Gasteiger charge is -2.19. The Morgan fingerprint density at radius 2 is 1.73 bits per heavy atom. The van der Waals surface area contributed by atoms with E-state index >= 15 is 0 Å². The van der Waals surface area contributed by atoms with Crippen LogP contribution in [-0.4, -0.2) is 71.2 Å². The quantitative estimate of drug-likeness (QED) is 0.229. The van der Waals surface area contributed by atoms with Crippen LogP contribution in [0.4, 0.5) is 0 Å². The monoisotopic (exact) mass is 316 g/mol. The first-order valence-electron chi connectivity index (χ1n) is 7.26. The van der Waals surface area contributed by atoms with E-state index in [9.17, 15) is 4.79 Å². The summed E-state index contributed by atoms with van der Waals surface area (Å²) in [6.07, 6.45) is 5.04. The molecule has 0 saturated carbocycles. The summed E-state index contributed by atoms with van der Waals surface area (Å²) in [4.78, 5) is 13.6. The van der Waals surface area contributed by atoms with Gasteiger partial charge in [-0.15, -0.1) is 0 Å². The molecule has 0 aliphatic carbocycles. The maximum Gasteiger partial charge on any atom is 0.354 e. The third-order valence-electron chi connectivity index (χ3n) is 2.64. The average molecular weight is 316 g/mol. The first-order chi connectivity index (χ1) is 10.7. The van der Waals surface area contributed by atoms with Gasteiger partial charge in [0.05, 0.1) is 19.8 Å². The third-order valence-corrected chi connectivity index (χ3v) is 2.64. The van der Waals surface area contributed by atoms with Gasteiger partial charge in [-0.05, 0) is 25.3 Å². The number of rotatable bonds is 13. The van der Waals surface area contributed by atoms with Crippen LogP contribution in [-0.2, 0) is 23.7 Å². The summed E-state index contributed by atoms with van der Waals surface area (Å²) in [6, 6.07) is 0. The molecular weight excluding hydrogens is 288 g/mol. The van der Waals surface area contributed by atoms with Gasteiger partial charge in [0.1, 0.15) is 12.3 Å². The molecule has 0 unspecified atom stereocenters. The fourth-order valence-corrected chi connectivity index (χ4v) is 1.44. The van der Waals surface area contributed by atoms with Crippen LogP contribution < -0.4 is 5.73 Å². The van der Waals surface area contributed by atoms with E-state index in [1.54, 1.807) is 20.3 Å². The number of nitrogens with two attached hydrogens (primary N) is 1. The highest BCUT2D eigenvalue weighted by molar-refractivity contribution is 5.87. The topological polar surface area (TPSA) is 83.2 Å². The van der Waals surface area contributed by atoms with Crippen molar-refractivity contribution >= 4 is 5.97 Å². The predicted molar refractivity (Wildman–Crippen MR) is 84.2 cm³/mol. The van der Waals surface area contributed by atoms with Crippen molar-refractivity contribution in [1.29, 1.82) is 0 Å². The van der Waals surface area contributed by atoms with Crippen molar-refractivity contribution in [1.82, 2.24) is 4.90 Å². The van der Waals surface area contributed by atoms with Gasteiger partial charge < -0.3 is 29.6 Å². The van der Waals surface area contributed by atoms with E-state index in [-0.39, 0.29) is 12.3 Å². The summed E-state index contributed by atoms with van der Waals surface area (Å²) in [7, 11) is 3.29. The average Bonchev–Trinajstić information content (AvgIpc) is 2.53. The van der Waals surface area contributed by atoms with Crippen LogP contribution in [0.1, 0.15) is 6.92 Å². The molecule has 0 rings (SSSR count). The van der Waals surface area contributed by atoms with E-state index in [1.807, 2.05) is 18.0 Å². The molecule has 7 nitrogen and oxygen atoms in total. The molecule has 0 radical (unpaired) electrons. The van der Waals surface area contributed by atoms with Crippen molar-refractivity contribution < 1.29 is 23.7 Å². The highest BCUT2D eigenvalue weighted by atomic mass is 16.6. The molecule has 2 N–H and O–H groups in total. The first-order valence-corrected chi connectivity index (χ1v) is 7.26. The highest BCUT2D eigenvalue weighted by Crippen LogP contribution is 1.95. The Labute approximate surface area is 132 Å². The van der Waals surface area contributed by atoms with E-state index in [1.165, 1.54) is 6.08 Å². The van der Waals surface area contributed by atoms with E-state index in [0.717, 1.165) is 13.1 Å². The van der Waals surface area contributed by atoms with Gasteiger partial charge in [0.15, 0.2) is 0 Å². The second kappa shape index (κ2) is 14.4. The number of nitrogens with zero attached hydrogens (tertiary/aromatic N) is 1. The summed E-state index contributed by atoms with van der Waals surface area (Å²) in [6.45, 7) is 5.68. The molecular formula is C15H28N2O5. The number of hydrogen-bond donors (Lipinski definition) is 1. The van der Waals surface area contributed by atoms with Crippen LogP contribution in [0.3, 0.4) is 0 Å². The highest BCUT2D eigenvalue weighted by Gasteiger charge is 2.05. The van der Waals surface area contributed by atoms with E-state index in [4.69, 9.17) is 24.7 Å². The molecule has 0 fully saturated rings. The molecule has 0 aromatic carbocycles. The summed E-state index contributed by atoms with van der Waals surface area (Å²) in [5, 5.41) is 0. The second-order valence-electron chi connectivity index (χ2n) is 4.32. The number of carbonyl (C=O) groups excluding carboxylic acids is 1. The van der Waals surface area contributed by atoms with Gasteiger partial charge in [0.2, 0.25) is 0 Å². The number of ether oxygens (including phenoxy) is 4. The van der Waals surface area contributed by atoms with Crippen LogP contribution in [0, 0.1) is 0 Å².